The van der Waals surface area contributed by atoms with E-state index >= 15 is 0 Å². The molecular formula is C28H30ClN5O. The van der Waals surface area contributed by atoms with Gasteiger partial charge in [-0.05, 0) is 35.9 Å². The van der Waals surface area contributed by atoms with E-state index in [4.69, 9.17) is 16.6 Å². The largest absolute Gasteiger partial charge is 0.331 e. The quantitative estimate of drug-likeness (QED) is 0.405. The van der Waals surface area contributed by atoms with E-state index in [1.165, 1.54) is 5.56 Å². The Kier molecular flexibility index (Phi) is 7.13. The molecule has 35 heavy (non-hydrogen) atoms. The highest BCUT2D eigenvalue weighted by Gasteiger charge is 2.18. The van der Waals surface area contributed by atoms with E-state index in [9.17, 15) is 4.79 Å². The van der Waals surface area contributed by atoms with E-state index in [0.717, 1.165) is 62.5 Å². The van der Waals surface area contributed by atoms with Crippen LogP contribution in [-0.4, -0.2) is 58.0 Å². The van der Waals surface area contributed by atoms with Gasteiger partial charge < -0.3 is 14.8 Å². The summed E-state index contributed by atoms with van der Waals surface area (Å²) in [6.45, 7) is 6.35. The number of benzene rings is 3. The van der Waals surface area contributed by atoms with Gasteiger partial charge in [0.05, 0.1) is 21.6 Å². The highest BCUT2D eigenvalue weighted by atomic mass is 35.5. The SMILES string of the molecule is Cn1c(CCN2CCN(Cc3ccccc3)CC2)nc2cc(NC(=O)c3ccccc3Cl)ccc21. The number of piperazine rings is 1. The number of rotatable bonds is 7. The molecule has 1 fully saturated rings. The standard InChI is InChI=1S/C28H30ClN5O/c1-32-26-12-11-22(30-28(35)23-9-5-6-10-24(23)29)19-25(26)31-27(32)13-14-33-15-17-34(18-16-33)20-21-7-3-2-4-8-21/h2-12,19H,13-18,20H2,1H3,(H,30,35). The van der Waals surface area contributed by atoms with Gasteiger partial charge >= 0.3 is 0 Å². The molecule has 3 aromatic carbocycles. The van der Waals surface area contributed by atoms with Gasteiger partial charge in [0, 0.05) is 58.4 Å². The maximum atomic E-state index is 12.6. The summed E-state index contributed by atoms with van der Waals surface area (Å²) in [5.41, 5.74) is 4.49. The number of hydrogen-bond donors (Lipinski definition) is 1. The van der Waals surface area contributed by atoms with Gasteiger partial charge in [-0.1, -0.05) is 54.1 Å². The monoisotopic (exact) mass is 487 g/mol. The summed E-state index contributed by atoms with van der Waals surface area (Å²) >= 11 is 6.16. The molecule has 1 amide bonds. The normalized spacial score (nSPS) is 14.9. The van der Waals surface area contributed by atoms with Crippen LogP contribution in [0.1, 0.15) is 21.7 Å². The van der Waals surface area contributed by atoms with Crippen molar-refractivity contribution in [3.8, 4) is 0 Å². The van der Waals surface area contributed by atoms with E-state index in [-0.39, 0.29) is 5.91 Å². The molecule has 0 spiro atoms. The Bertz CT molecular complexity index is 1310. The van der Waals surface area contributed by atoms with Crippen LogP contribution < -0.4 is 5.32 Å². The maximum absolute atomic E-state index is 12.6. The number of amides is 1. The molecule has 4 aromatic rings. The first-order chi connectivity index (χ1) is 17.1. The molecule has 0 saturated carbocycles. The van der Waals surface area contributed by atoms with Crippen LogP contribution in [0.25, 0.3) is 11.0 Å². The molecular weight excluding hydrogens is 458 g/mol. The van der Waals surface area contributed by atoms with Crippen LogP contribution in [0.4, 0.5) is 5.69 Å². The molecule has 1 aliphatic heterocycles. The van der Waals surface area contributed by atoms with Crippen LogP contribution in [0.5, 0.6) is 0 Å². The predicted molar refractivity (Wildman–Crippen MR) is 142 cm³/mol. The Morgan fingerprint density at radius 1 is 0.943 bits per heavy atom. The van der Waals surface area contributed by atoms with Crippen molar-refractivity contribution in [2.24, 2.45) is 7.05 Å². The fourth-order valence-electron chi connectivity index (χ4n) is 4.67. The van der Waals surface area contributed by atoms with Crippen molar-refractivity contribution in [3.63, 3.8) is 0 Å². The smallest absolute Gasteiger partial charge is 0.257 e. The second-order valence-corrected chi connectivity index (χ2v) is 9.49. The average molecular weight is 488 g/mol. The van der Waals surface area contributed by atoms with Gasteiger partial charge in [0.2, 0.25) is 0 Å². The molecule has 0 atom stereocenters. The van der Waals surface area contributed by atoms with Gasteiger partial charge in [-0.2, -0.15) is 0 Å². The molecule has 5 rings (SSSR count). The first-order valence-electron chi connectivity index (χ1n) is 12.1. The number of nitrogens with one attached hydrogen (secondary N) is 1. The predicted octanol–water partition coefficient (Wildman–Crippen LogP) is 4.84. The third-order valence-corrected chi connectivity index (χ3v) is 7.04. The van der Waals surface area contributed by atoms with Gasteiger partial charge in [0.15, 0.2) is 0 Å². The van der Waals surface area contributed by atoms with Crippen LogP contribution in [0.3, 0.4) is 0 Å². The first-order valence-corrected chi connectivity index (χ1v) is 12.4. The van der Waals surface area contributed by atoms with E-state index < -0.39 is 0 Å². The number of anilines is 1. The van der Waals surface area contributed by atoms with E-state index in [2.05, 4.69) is 57.1 Å². The number of carbonyl (C=O) groups excluding carboxylic acids is 1. The Morgan fingerprint density at radius 3 is 2.43 bits per heavy atom. The number of fused-ring (bicyclic) bond motifs is 1. The Morgan fingerprint density at radius 2 is 1.66 bits per heavy atom. The van der Waals surface area contributed by atoms with Gasteiger partial charge in [0.25, 0.3) is 5.91 Å². The maximum Gasteiger partial charge on any atom is 0.257 e. The van der Waals surface area contributed by atoms with Crippen molar-refractivity contribution >= 4 is 34.2 Å². The minimum absolute atomic E-state index is 0.225. The number of hydrogen-bond acceptors (Lipinski definition) is 4. The molecule has 7 heteroatoms. The van der Waals surface area contributed by atoms with Crippen molar-refractivity contribution in [3.05, 3.63) is 94.8 Å². The number of halogens is 1. The van der Waals surface area contributed by atoms with E-state index in [1.807, 2.05) is 24.3 Å². The van der Waals surface area contributed by atoms with E-state index in [0.29, 0.717) is 16.3 Å². The van der Waals surface area contributed by atoms with Crippen LogP contribution in [0, 0.1) is 0 Å². The summed E-state index contributed by atoms with van der Waals surface area (Å²) in [6.07, 6.45) is 0.894. The van der Waals surface area contributed by atoms with E-state index in [1.54, 1.807) is 18.2 Å². The molecule has 1 saturated heterocycles. The Hall–Kier alpha value is -3.19. The van der Waals surface area contributed by atoms with Crippen molar-refractivity contribution in [2.45, 2.75) is 13.0 Å². The van der Waals surface area contributed by atoms with Crippen LogP contribution >= 0.6 is 11.6 Å². The van der Waals surface area contributed by atoms with Crippen LogP contribution in [0.15, 0.2) is 72.8 Å². The molecule has 0 unspecified atom stereocenters. The van der Waals surface area contributed by atoms with Gasteiger partial charge in [-0.25, -0.2) is 4.98 Å². The molecule has 1 aromatic heterocycles. The molecule has 0 bridgehead atoms. The summed E-state index contributed by atoms with van der Waals surface area (Å²) in [4.78, 5) is 22.5. The van der Waals surface area contributed by atoms with Crippen molar-refractivity contribution < 1.29 is 4.79 Å². The topological polar surface area (TPSA) is 53.4 Å². The highest BCUT2D eigenvalue weighted by Crippen LogP contribution is 2.22. The van der Waals surface area contributed by atoms with Crippen LogP contribution in [-0.2, 0) is 20.0 Å². The number of nitrogens with zero attached hydrogens (tertiary/aromatic N) is 4. The molecule has 0 aliphatic carbocycles. The zero-order chi connectivity index (χ0) is 24.2. The number of aromatic nitrogens is 2. The summed E-state index contributed by atoms with van der Waals surface area (Å²) in [5, 5.41) is 3.38. The summed E-state index contributed by atoms with van der Waals surface area (Å²) in [7, 11) is 2.06. The lowest BCUT2D eigenvalue weighted by atomic mass is 10.2. The third-order valence-electron chi connectivity index (χ3n) is 6.72. The van der Waals surface area contributed by atoms with Crippen LogP contribution in [0.2, 0.25) is 5.02 Å². The Labute approximate surface area is 211 Å². The fourth-order valence-corrected chi connectivity index (χ4v) is 4.89. The zero-order valence-corrected chi connectivity index (χ0v) is 20.7. The number of aryl methyl sites for hydroxylation is 1. The summed E-state index contributed by atoms with van der Waals surface area (Å²) < 4.78 is 2.15. The van der Waals surface area contributed by atoms with Gasteiger partial charge in [-0.15, -0.1) is 0 Å². The van der Waals surface area contributed by atoms with Crippen molar-refractivity contribution in [1.29, 1.82) is 0 Å². The third kappa shape index (κ3) is 5.56. The second kappa shape index (κ2) is 10.6. The lowest BCUT2D eigenvalue weighted by Gasteiger charge is -2.34. The summed E-state index contributed by atoms with van der Waals surface area (Å²) in [5.74, 6) is 0.832. The zero-order valence-electron chi connectivity index (χ0n) is 20.0. The fraction of sp³-hybridized carbons (Fsp3) is 0.286. The van der Waals surface area contributed by atoms with Crippen molar-refractivity contribution in [2.75, 3.05) is 38.0 Å². The lowest BCUT2D eigenvalue weighted by Crippen LogP contribution is -2.46. The minimum Gasteiger partial charge on any atom is -0.331 e. The second-order valence-electron chi connectivity index (χ2n) is 9.08. The molecule has 2 heterocycles. The molecule has 180 valence electrons. The average Bonchev–Trinajstić information content (AvgIpc) is 3.19. The first kappa shape index (κ1) is 23.5. The minimum atomic E-state index is -0.225. The number of carbonyl (C=O) groups is 1. The summed E-state index contributed by atoms with van der Waals surface area (Å²) in [6, 6.07) is 23.6. The van der Waals surface area contributed by atoms with Crippen molar-refractivity contribution in [1.82, 2.24) is 19.4 Å². The molecule has 6 nitrogen and oxygen atoms in total. The Balaban J connectivity index is 1.18. The van der Waals surface area contributed by atoms with Gasteiger partial charge in [-0.3, -0.25) is 9.69 Å². The van der Waals surface area contributed by atoms with Gasteiger partial charge in [0.1, 0.15) is 5.82 Å². The highest BCUT2D eigenvalue weighted by molar-refractivity contribution is 6.34. The lowest BCUT2D eigenvalue weighted by molar-refractivity contribution is 0.102. The number of imidazole rings is 1. The molecule has 1 aliphatic rings. The molecule has 0 radical (unpaired) electrons. The molecule has 1 N–H and O–H groups in total.